The number of morpholine rings is 1. The fourth-order valence-corrected chi connectivity index (χ4v) is 3.45. The third-order valence-corrected chi connectivity index (χ3v) is 4.84. The van der Waals surface area contributed by atoms with Gasteiger partial charge in [0.2, 0.25) is 0 Å². The number of hydrogen-bond donors (Lipinski definition) is 0. The van der Waals surface area contributed by atoms with E-state index in [1.54, 1.807) is 14.0 Å². The fraction of sp³-hybridized carbons (Fsp3) is 0.667. The van der Waals surface area contributed by atoms with Crippen LogP contribution in [0.25, 0.3) is 0 Å². The largest absolute Gasteiger partial charge is 0.491 e. The summed E-state index contributed by atoms with van der Waals surface area (Å²) in [6, 6.07) is 4.17. The highest BCUT2D eigenvalue weighted by Gasteiger charge is 2.28. The van der Waals surface area contributed by atoms with Crippen LogP contribution in [0.1, 0.15) is 44.4 Å². The third kappa shape index (κ3) is 5.29. The Hall–Kier alpha value is -1.43. The molecule has 2 rings (SSSR count). The van der Waals surface area contributed by atoms with Crippen molar-refractivity contribution in [3.8, 4) is 5.75 Å². The van der Waals surface area contributed by atoms with Gasteiger partial charge in [-0.3, -0.25) is 9.69 Å². The van der Waals surface area contributed by atoms with E-state index in [0.29, 0.717) is 33.0 Å². The number of ether oxygens (including phenoxy) is 3. The second-order valence-electron chi connectivity index (χ2n) is 8.04. The van der Waals surface area contributed by atoms with Gasteiger partial charge in [-0.1, -0.05) is 26.8 Å². The minimum atomic E-state index is -0.185. The number of Topliss-reactive ketones (excluding diaryl/α,β-unsaturated/α-hetero) is 1. The van der Waals surface area contributed by atoms with Crippen molar-refractivity contribution >= 4 is 5.78 Å². The molecule has 26 heavy (non-hydrogen) atoms. The molecule has 1 aliphatic rings. The van der Waals surface area contributed by atoms with Crippen LogP contribution >= 0.6 is 0 Å². The van der Waals surface area contributed by atoms with Crippen LogP contribution in [0.5, 0.6) is 5.75 Å². The molecular weight excluding hydrogens is 330 g/mol. The summed E-state index contributed by atoms with van der Waals surface area (Å²) in [4.78, 5) is 14.2. The second-order valence-corrected chi connectivity index (χ2v) is 8.04. The van der Waals surface area contributed by atoms with Crippen molar-refractivity contribution in [2.24, 2.45) is 0 Å². The van der Waals surface area contributed by atoms with Crippen molar-refractivity contribution in [2.45, 2.75) is 52.6 Å². The van der Waals surface area contributed by atoms with Gasteiger partial charge >= 0.3 is 0 Å². The molecule has 1 atom stereocenters. The number of nitrogens with zero attached hydrogens (tertiary/aromatic N) is 1. The molecule has 1 aromatic carbocycles. The lowest BCUT2D eigenvalue weighted by Gasteiger charge is -2.35. The SMILES string of the molecule is COCCOc1cc(C)c(C(C)(C)C)cc1CN1CCOC[C@H]1C(C)=O. The van der Waals surface area contributed by atoms with Crippen molar-refractivity contribution in [3.05, 3.63) is 28.8 Å². The lowest BCUT2D eigenvalue weighted by Crippen LogP contribution is -2.48. The molecular formula is C21H33NO4. The highest BCUT2D eigenvalue weighted by molar-refractivity contribution is 5.81. The Kier molecular flexibility index (Phi) is 7.21. The van der Waals surface area contributed by atoms with Crippen molar-refractivity contribution in [1.82, 2.24) is 4.90 Å². The van der Waals surface area contributed by atoms with E-state index in [-0.39, 0.29) is 17.2 Å². The molecule has 1 aliphatic heterocycles. The van der Waals surface area contributed by atoms with Gasteiger partial charge in [0.25, 0.3) is 0 Å². The zero-order valence-electron chi connectivity index (χ0n) is 17.1. The first kappa shape index (κ1) is 20.9. The monoisotopic (exact) mass is 363 g/mol. The van der Waals surface area contributed by atoms with Crippen LogP contribution in [0.15, 0.2) is 12.1 Å². The average molecular weight is 363 g/mol. The first-order valence-electron chi connectivity index (χ1n) is 9.32. The summed E-state index contributed by atoms with van der Waals surface area (Å²) >= 11 is 0. The summed E-state index contributed by atoms with van der Waals surface area (Å²) in [5, 5.41) is 0. The number of methoxy groups -OCH3 is 1. The standard InChI is InChI=1S/C21H33NO4/c1-15-11-20(26-10-9-24-6)17(12-18(15)21(3,4)5)13-22-7-8-25-14-19(22)16(2)23/h11-12,19H,7-10,13-14H2,1-6H3/t19-/m0/s1. The first-order chi connectivity index (χ1) is 12.2. The molecule has 0 saturated carbocycles. The Balaban J connectivity index is 2.34. The van der Waals surface area contributed by atoms with E-state index >= 15 is 0 Å². The molecule has 0 aliphatic carbocycles. The van der Waals surface area contributed by atoms with Gasteiger partial charge in [0, 0.05) is 25.8 Å². The summed E-state index contributed by atoms with van der Waals surface area (Å²) in [6.45, 7) is 14.0. The van der Waals surface area contributed by atoms with E-state index in [0.717, 1.165) is 17.9 Å². The number of rotatable bonds is 7. The van der Waals surface area contributed by atoms with Gasteiger partial charge in [-0.2, -0.15) is 0 Å². The normalized spacial score (nSPS) is 18.8. The molecule has 0 radical (unpaired) electrons. The zero-order valence-corrected chi connectivity index (χ0v) is 17.1. The molecule has 0 N–H and O–H groups in total. The zero-order chi connectivity index (χ0) is 19.3. The Morgan fingerprint density at radius 2 is 2.04 bits per heavy atom. The lowest BCUT2D eigenvalue weighted by atomic mass is 9.83. The number of ketones is 1. The molecule has 0 aromatic heterocycles. The molecule has 5 nitrogen and oxygen atoms in total. The van der Waals surface area contributed by atoms with Crippen LogP contribution in [0, 0.1) is 6.92 Å². The number of carbonyl (C=O) groups is 1. The topological polar surface area (TPSA) is 48.0 Å². The number of benzene rings is 1. The van der Waals surface area contributed by atoms with Crippen LogP contribution in [0.3, 0.4) is 0 Å². The van der Waals surface area contributed by atoms with Gasteiger partial charge in [-0.05, 0) is 36.5 Å². The molecule has 1 aromatic rings. The van der Waals surface area contributed by atoms with E-state index < -0.39 is 0 Å². The quantitative estimate of drug-likeness (QED) is 0.697. The van der Waals surface area contributed by atoms with Crippen LogP contribution in [-0.4, -0.2) is 56.8 Å². The molecule has 0 amide bonds. The summed E-state index contributed by atoms with van der Waals surface area (Å²) in [5.41, 5.74) is 3.69. The Labute approximate surface area is 157 Å². The molecule has 1 heterocycles. The smallest absolute Gasteiger partial charge is 0.149 e. The Morgan fingerprint density at radius 3 is 2.65 bits per heavy atom. The second kappa shape index (κ2) is 8.98. The van der Waals surface area contributed by atoms with Gasteiger partial charge in [-0.15, -0.1) is 0 Å². The predicted molar refractivity (Wildman–Crippen MR) is 103 cm³/mol. The Bertz CT molecular complexity index is 621. The average Bonchev–Trinajstić information content (AvgIpc) is 2.56. The molecule has 0 spiro atoms. The molecule has 146 valence electrons. The van der Waals surface area contributed by atoms with E-state index in [2.05, 4.69) is 44.7 Å². The summed E-state index contributed by atoms with van der Waals surface area (Å²) < 4.78 is 16.6. The van der Waals surface area contributed by atoms with Crippen molar-refractivity contribution in [2.75, 3.05) is 40.1 Å². The van der Waals surface area contributed by atoms with Gasteiger partial charge in [0.1, 0.15) is 18.1 Å². The Morgan fingerprint density at radius 1 is 1.31 bits per heavy atom. The van der Waals surface area contributed by atoms with Gasteiger partial charge < -0.3 is 14.2 Å². The molecule has 5 heteroatoms. The van der Waals surface area contributed by atoms with Crippen molar-refractivity contribution in [1.29, 1.82) is 0 Å². The van der Waals surface area contributed by atoms with Gasteiger partial charge in [0.15, 0.2) is 0 Å². The van der Waals surface area contributed by atoms with Crippen molar-refractivity contribution < 1.29 is 19.0 Å². The highest BCUT2D eigenvalue weighted by atomic mass is 16.5. The molecule has 1 fully saturated rings. The highest BCUT2D eigenvalue weighted by Crippen LogP contribution is 2.33. The third-order valence-electron chi connectivity index (χ3n) is 4.84. The van der Waals surface area contributed by atoms with E-state index in [4.69, 9.17) is 14.2 Å². The fourth-order valence-electron chi connectivity index (χ4n) is 3.45. The minimum Gasteiger partial charge on any atom is -0.491 e. The van der Waals surface area contributed by atoms with Crippen LogP contribution in [0.2, 0.25) is 0 Å². The predicted octanol–water partition coefficient (Wildman–Crippen LogP) is 3.11. The van der Waals surface area contributed by atoms with Crippen molar-refractivity contribution in [3.63, 3.8) is 0 Å². The molecule has 0 bridgehead atoms. The summed E-state index contributed by atoms with van der Waals surface area (Å²) in [5.74, 6) is 1.02. The lowest BCUT2D eigenvalue weighted by molar-refractivity contribution is -0.128. The minimum absolute atomic E-state index is 0.0505. The number of aryl methyl sites for hydroxylation is 1. The van der Waals surface area contributed by atoms with Gasteiger partial charge in [-0.25, -0.2) is 0 Å². The maximum absolute atomic E-state index is 12.0. The maximum Gasteiger partial charge on any atom is 0.149 e. The number of hydrogen-bond acceptors (Lipinski definition) is 5. The summed E-state index contributed by atoms with van der Waals surface area (Å²) in [6.07, 6.45) is 0. The molecule has 0 unspecified atom stereocenters. The molecule has 1 saturated heterocycles. The van der Waals surface area contributed by atoms with Crippen LogP contribution in [0.4, 0.5) is 0 Å². The van der Waals surface area contributed by atoms with E-state index in [1.807, 2.05) is 0 Å². The summed E-state index contributed by atoms with van der Waals surface area (Å²) in [7, 11) is 1.67. The van der Waals surface area contributed by atoms with Crippen LogP contribution in [-0.2, 0) is 26.2 Å². The van der Waals surface area contributed by atoms with E-state index in [9.17, 15) is 4.79 Å². The van der Waals surface area contributed by atoms with E-state index in [1.165, 1.54) is 11.1 Å². The van der Waals surface area contributed by atoms with Gasteiger partial charge in [0.05, 0.1) is 25.9 Å². The van der Waals surface area contributed by atoms with Crippen LogP contribution < -0.4 is 4.74 Å². The number of carbonyl (C=O) groups excluding carboxylic acids is 1. The first-order valence-corrected chi connectivity index (χ1v) is 9.32. The maximum atomic E-state index is 12.0.